The summed E-state index contributed by atoms with van der Waals surface area (Å²) in [5.41, 5.74) is 6.48. The van der Waals surface area contributed by atoms with Gasteiger partial charge in [-0.15, -0.1) is 0 Å². The molecule has 11 nitrogen and oxygen atoms in total. The van der Waals surface area contributed by atoms with Crippen LogP contribution in [-0.2, 0) is 0 Å². The van der Waals surface area contributed by atoms with Gasteiger partial charge in [-0.05, 0) is 91.9 Å². The predicted octanol–water partition coefficient (Wildman–Crippen LogP) is 5.67. The Morgan fingerprint density at radius 1 is 1.02 bits per heavy atom. The molecule has 1 saturated carbocycles. The molecule has 2 fully saturated rings. The number of ether oxygens (including phenoxy) is 1. The van der Waals surface area contributed by atoms with Gasteiger partial charge in [0.25, 0.3) is 0 Å². The minimum Gasteiger partial charge on any atom is -0.494 e. The van der Waals surface area contributed by atoms with Gasteiger partial charge in [0.15, 0.2) is 5.82 Å². The molecule has 2 aliphatic rings. The monoisotopic (exact) mass is 678 g/mol. The second-order valence-corrected chi connectivity index (χ2v) is 13.9. The molecular weight excluding hydrogens is 640 g/mol. The number of benzene rings is 2. The number of hydrogen-bond donors (Lipinski definition) is 1. The van der Waals surface area contributed by atoms with Crippen molar-refractivity contribution in [2.45, 2.75) is 37.5 Å². The number of likely N-dealkylation sites (N-methyl/N-ethyl adjacent to an activating group) is 1. The van der Waals surface area contributed by atoms with E-state index >= 15 is 0 Å². The first-order valence-corrected chi connectivity index (χ1v) is 16.3. The van der Waals surface area contributed by atoms with Crippen molar-refractivity contribution in [3.05, 3.63) is 52.9 Å². The topological polar surface area (TPSA) is 103 Å². The first-order valence-electron chi connectivity index (χ1n) is 14.7. The van der Waals surface area contributed by atoms with Crippen LogP contribution >= 0.6 is 27.9 Å². The normalized spacial score (nSPS) is 16.6. The summed E-state index contributed by atoms with van der Waals surface area (Å²) in [5.74, 6) is 8.65. The van der Waals surface area contributed by atoms with E-state index in [-0.39, 0.29) is 0 Å². The number of fused-ring (bicyclic) bond motifs is 1. The van der Waals surface area contributed by atoms with Gasteiger partial charge in [0, 0.05) is 68.8 Å². The number of aromatic nitrogens is 4. The molecule has 1 aliphatic carbocycles. The second-order valence-electron chi connectivity index (χ2n) is 11.6. The van der Waals surface area contributed by atoms with Crippen LogP contribution in [0, 0.1) is 6.92 Å². The van der Waals surface area contributed by atoms with Crippen molar-refractivity contribution in [3.63, 3.8) is 0 Å². The number of rotatable bonds is 10. The number of anilines is 6. The van der Waals surface area contributed by atoms with Gasteiger partial charge in [0.2, 0.25) is 5.95 Å². The number of halogens is 1. The van der Waals surface area contributed by atoms with E-state index < -0.39 is 0 Å². The average Bonchev–Trinajstić information content (AvgIpc) is 3.70. The maximum absolute atomic E-state index is 6.88. The SMILES string of the molecule is COc1cc(N2CCC(N(C)C)C2)c(C)cc1N(C)c1ncc(Br)c(N(N)c2ccc3nccnc3c2N(C)SC2CC2)n1. The lowest BCUT2D eigenvalue weighted by Gasteiger charge is -2.28. The van der Waals surface area contributed by atoms with Gasteiger partial charge < -0.3 is 23.7 Å². The zero-order chi connectivity index (χ0) is 31.1. The van der Waals surface area contributed by atoms with Crippen molar-refractivity contribution in [2.24, 2.45) is 5.84 Å². The first-order chi connectivity index (χ1) is 21.2. The van der Waals surface area contributed by atoms with Crippen LogP contribution in [-0.4, -0.2) is 84.5 Å². The molecule has 3 heterocycles. The summed E-state index contributed by atoms with van der Waals surface area (Å²) < 4.78 is 8.73. The number of hydrazine groups is 1. The highest BCUT2D eigenvalue weighted by Gasteiger charge is 2.29. The van der Waals surface area contributed by atoms with E-state index in [1.807, 2.05) is 24.1 Å². The minimum absolute atomic E-state index is 0.487. The third-order valence-corrected chi connectivity index (χ3v) is 10.2. The van der Waals surface area contributed by atoms with Gasteiger partial charge in [-0.25, -0.2) is 10.8 Å². The Morgan fingerprint density at radius 3 is 2.50 bits per heavy atom. The third-order valence-electron chi connectivity index (χ3n) is 8.33. The van der Waals surface area contributed by atoms with Gasteiger partial charge in [0.05, 0.1) is 28.5 Å². The van der Waals surface area contributed by atoms with Crippen molar-refractivity contribution in [1.29, 1.82) is 0 Å². The summed E-state index contributed by atoms with van der Waals surface area (Å²) in [6, 6.07) is 8.73. The lowest BCUT2D eigenvalue weighted by molar-refractivity contribution is 0.315. The second kappa shape index (κ2) is 12.5. The molecule has 0 spiro atoms. The van der Waals surface area contributed by atoms with E-state index in [1.165, 1.54) is 24.1 Å². The van der Waals surface area contributed by atoms with Gasteiger partial charge >= 0.3 is 0 Å². The Bertz CT molecular complexity index is 1670. The Balaban J connectivity index is 1.34. The molecule has 1 saturated heterocycles. The summed E-state index contributed by atoms with van der Waals surface area (Å²) in [5, 5.41) is 2.19. The highest BCUT2D eigenvalue weighted by molar-refractivity contribution is 9.10. The first kappa shape index (κ1) is 30.6. The van der Waals surface area contributed by atoms with E-state index in [0.29, 0.717) is 27.5 Å². The summed E-state index contributed by atoms with van der Waals surface area (Å²) in [6.07, 6.45) is 8.71. The molecule has 2 aromatic heterocycles. The lowest BCUT2D eigenvalue weighted by atomic mass is 10.1. The van der Waals surface area contributed by atoms with E-state index in [2.05, 4.69) is 85.2 Å². The molecule has 1 aliphatic heterocycles. The van der Waals surface area contributed by atoms with Crippen LogP contribution in [0.3, 0.4) is 0 Å². The summed E-state index contributed by atoms with van der Waals surface area (Å²) in [6.45, 7) is 4.16. The molecule has 1 atom stereocenters. The number of methoxy groups -OCH3 is 1. The van der Waals surface area contributed by atoms with Crippen molar-refractivity contribution >= 4 is 73.4 Å². The lowest BCUT2D eigenvalue weighted by Crippen LogP contribution is -2.31. The smallest absolute Gasteiger partial charge is 0.231 e. The molecular formula is C31H39BrN10OS. The van der Waals surface area contributed by atoms with Crippen LogP contribution in [0.5, 0.6) is 5.75 Å². The van der Waals surface area contributed by atoms with Crippen LogP contribution in [0.1, 0.15) is 24.8 Å². The van der Waals surface area contributed by atoms with Gasteiger partial charge in [-0.1, -0.05) is 0 Å². The molecule has 4 aromatic rings. The van der Waals surface area contributed by atoms with Gasteiger partial charge in [-0.2, -0.15) is 4.98 Å². The van der Waals surface area contributed by atoms with Crippen LogP contribution in [0.25, 0.3) is 11.0 Å². The standard InChI is InChI=1S/C31H39BrN10OS/c1-19-15-26(27(43-6)16-25(19)41-14-11-20(18-41)38(2)3)39(4)31-36-17-22(32)30(37-31)42(33)24-10-9-23-28(35-13-12-34-23)29(24)40(5)44-21-7-8-21/h9-10,12-13,15-17,20-21H,7-8,11,14,18,33H2,1-6H3. The number of aryl methyl sites for hydroxylation is 1. The molecule has 0 radical (unpaired) electrons. The Labute approximate surface area is 271 Å². The molecule has 232 valence electrons. The number of nitrogens with two attached hydrogens (primary N) is 1. The largest absolute Gasteiger partial charge is 0.494 e. The Hall–Kier alpha value is -3.39. The van der Waals surface area contributed by atoms with Crippen LogP contribution in [0.15, 0.2) is 47.3 Å². The predicted molar refractivity (Wildman–Crippen MR) is 185 cm³/mol. The fourth-order valence-electron chi connectivity index (χ4n) is 5.68. The maximum Gasteiger partial charge on any atom is 0.231 e. The molecule has 13 heteroatoms. The fraction of sp³-hybridized carbons (Fsp3) is 0.419. The third kappa shape index (κ3) is 5.97. The quantitative estimate of drug-likeness (QED) is 0.127. The Kier molecular flexibility index (Phi) is 8.73. The molecule has 0 amide bonds. The zero-order valence-corrected chi connectivity index (χ0v) is 28.4. The number of hydrogen-bond acceptors (Lipinski definition) is 12. The molecule has 44 heavy (non-hydrogen) atoms. The highest BCUT2D eigenvalue weighted by Crippen LogP contribution is 2.45. The molecule has 6 rings (SSSR count). The molecule has 2 N–H and O–H groups in total. The van der Waals surface area contributed by atoms with Crippen LogP contribution < -0.4 is 29.7 Å². The summed E-state index contributed by atoms with van der Waals surface area (Å²) in [4.78, 5) is 25.5. The molecule has 1 unspecified atom stereocenters. The zero-order valence-electron chi connectivity index (χ0n) is 26.0. The van der Waals surface area contributed by atoms with Crippen LogP contribution in [0.4, 0.5) is 34.5 Å². The summed E-state index contributed by atoms with van der Waals surface area (Å²) in [7, 11) is 10.00. The van der Waals surface area contributed by atoms with Crippen molar-refractivity contribution < 1.29 is 4.74 Å². The van der Waals surface area contributed by atoms with Crippen LogP contribution in [0.2, 0.25) is 0 Å². The van der Waals surface area contributed by atoms with Crippen molar-refractivity contribution in [1.82, 2.24) is 24.8 Å². The average molecular weight is 680 g/mol. The van der Waals surface area contributed by atoms with E-state index in [0.717, 1.165) is 53.4 Å². The minimum atomic E-state index is 0.487. The fourth-order valence-corrected chi connectivity index (χ4v) is 7.14. The highest BCUT2D eigenvalue weighted by atomic mass is 79.9. The van der Waals surface area contributed by atoms with E-state index in [9.17, 15) is 0 Å². The van der Waals surface area contributed by atoms with Crippen molar-refractivity contribution in [3.8, 4) is 5.75 Å². The Morgan fingerprint density at radius 2 is 1.80 bits per heavy atom. The van der Waals surface area contributed by atoms with Gasteiger partial charge in [0.1, 0.15) is 17.0 Å². The number of nitrogens with zero attached hydrogens (tertiary/aromatic N) is 9. The summed E-state index contributed by atoms with van der Waals surface area (Å²) >= 11 is 5.45. The molecule has 0 bridgehead atoms. The van der Waals surface area contributed by atoms with Gasteiger partial charge in [-0.3, -0.25) is 15.0 Å². The van der Waals surface area contributed by atoms with E-state index in [1.54, 1.807) is 42.7 Å². The van der Waals surface area contributed by atoms with Crippen molar-refractivity contribution in [2.75, 3.05) is 67.5 Å². The molecule has 2 aromatic carbocycles. The van der Waals surface area contributed by atoms with E-state index in [4.69, 9.17) is 15.6 Å². The maximum atomic E-state index is 6.88.